The monoisotopic (exact) mass is 260 g/mol. The second kappa shape index (κ2) is 6.83. The summed E-state index contributed by atoms with van der Waals surface area (Å²) in [5.74, 6) is 0.542. The summed E-state index contributed by atoms with van der Waals surface area (Å²) < 4.78 is 5.42. The number of rotatable bonds is 5. The Hall–Kier alpha value is -1.97. The first-order valence-corrected chi connectivity index (χ1v) is 6.67. The fourth-order valence-electron chi connectivity index (χ4n) is 1.99. The average Bonchev–Trinajstić information content (AvgIpc) is 2.44. The van der Waals surface area contributed by atoms with E-state index in [2.05, 4.69) is 16.9 Å². The molecule has 0 heterocycles. The number of hydrogen-bond donors (Lipinski definition) is 2. The molecule has 1 aliphatic carbocycles. The van der Waals surface area contributed by atoms with E-state index in [0.717, 1.165) is 24.1 Å². The molecule has 102 valence electrons. The number of aryl methyl sites for hydroxylation is 1. The summed E-state index contributed by atoms with van der Waals surface area (Å²) in [5.41, 5.74) is 7.81. The van der Waals surface area contributed by atoms with Crippen molar-refractivity contribution in [2.24, 2.45) is 0 Å². The van der Waals surface area contributed by atoms with Crippen molar-refractivity contribution >= 4 is 5.91 Å². The second-order valence-electron chi connectivity index (χ2n) is 4.75. The van der Waals surface area contributed by atoms with Crippen LogP contribution in [0, 0.1) is 6.92 Å². The van der Waals surface area contributed by atoms with E-state index in [-0.39, 0.29) is 12.5 Å². The zero-order valence-electron chi connectivity index (χ0n) is 11.2. The van der Waals surface area contributed by atoms with Crippen molar-refractivity contribution in [2.45, 2.75) is 32.6 Å². The molecule has 0 aromatic heterocycles. The maximum atomic E-state index is 11.6. The van der Waals surface area contributed by atoms with E-state index in [9.17, 15) is 4.79 Å². The molecule has 2 N–H and O–H groups in total. The summed E-state index contributed by atoms with van der Waals surface area (Å²) in [7, 11) is 0. The van der Waals surface area contributed by atoms with Crippen LogP contribution in [0.5, 0.6) is 5.75 Å². The van der Waals surface area contributed by atoms with E-state index in [1.807, 2.05) is 31.2 Å². The summed E-state index contributed by atoms with van der Waals surface area (Å²) in [4.78, 5) is 11.6. The molecule has 0 saturated heterocycles. The molecule has 1 aromatic carbocycles. The van der Waals surface area contributed by atoms with Gasteiger partial charge in [-0.25, -0.2) is 0 Å². The van der Waals surface area contributed by atoms with E-state index in [0.29, 0.717) is 5.75 Å². The van der Waals surface area contributed by atoms with Crippen LogP contribution in [-0.2, 0) is 4.79 Å². The third-order valence-electron chi connectivity index (χ3n) is 3.01. The third-order valence-corrected chi connectivity index (χ3v) is 3.01. The Morgan fingerprint density at radius 1 is 1.37 bits per heavy atom. The highest BCUT2D eigenvalue weighted by Crippen LogP contribution is 2.14. The molecular formula is C15H20N2O2. The van der Waals surface area contributed by atoms with Gasteiger partial charge in [-0.3, -0.25) is 10.2 Å². The zero-order valence-corrected chi connectivity index (χ0v) is 11.2. The fraction of sp³-hybridized carbons (Fsp3) is 0.400. The molecule has 0 spiro atoms. The number of carbonyl (C=O) groups excluding carboxylic acids is 1. The first kappa shape index (κ1) is 13.5. The van der Waals surface area contributed by atoms with Gasteiger partial charge in [0.15, 0.2) is 6.61 Å². The van der Waals surface area contributed by atoms with Crippen LogP contribution in [0.1, 0.15) is 31.2 Å². The van der Waals surface area contributed by atoms with Crippen molar-refractivity contribution in [3.05, 3.63) is 41.6 Å². The molecule has 4 heteroatoms. The molecule has 0 atom stereocenters. The van der Waals surface area contributed by atoms with Crippen LogP contribution < -0.4 is 15.6 Å². The van der Waals surface area contributed by atoms with Crippen molar-refractivity contribution < 1.29 is 9.53 Å². The maximum absolute atomic E-state index is 11.6. The van der Waals surface area contributed by atoms with Gasteiger partial charge in [-0.1, -0.05) is 18.2 Å². The lowest BCUT2D eigenvalue weighted by Crippen LogP contribution is -2.40. The number of hydrogen-bond acceptors (Lipinski definition) is 3. The Morgan fingerprint density at radius 2 is 2.26 bits per heavy atom. The predicted octanol–water partition coefficient (Wildman–Crippen LogP) is 2.45. The van der Waals surface area contributed by atoms with E-state index < -0.39 is 0 Å². The Bertz CT molecular complexity index is 469. The van der Waals surface area contributed by atoms with Crippen molar-refractivity contribution in [1.82, 2.24) is 10.9 Å². The molecular weight excluding hydrogens is 240 g/mol. The highest BCUT2D eigenvalue weighted by Gasteiger charge is 2.06. The van der Waals surface area contributed by atoms with Gasteiger partial charge in [0.25, 0.3) is 5.91 Å². The molecule has 2 rings (SSSR count). The number of hydrazine groups is 1. The van der Waals surface area contributed by atoms with E-state index >= 15 is 0 Å². The highest BCUT2D eigenvalue weighted by atomic mass is 16.5. The molecule has 0 unspecified atom stereocenters. The lowest BCUT2D eigenvalue weighted by Gasteiger charge is -2.15. The van der Waals surface area contributed by atoms with Crippen LogP contribution in [-0.4, -0.2) is 12.5 Å². The normalized spacial score (nSPS) is 14.5. The topological polar surface area (TPSA) is 50.4 Å². The van der Waals surface area contributed by atoms with Gasteiger partial charge in [-0.05, 0) is 50.3 Å². The van der Waals surface area contributed by atoms with Gasteiger partial charge in [0.2, 0.25) is 0 Å². The summed E-state index contributed by atoms with van der Waals surface area (Å²) >= 11 is 0. The molecule has 0 bridgehead atoms. The average molecular weight is 260 g/mol. The SMILES string of the molecule is Cc1cccc(OCC(=O)NNC2=CCCCC2)c1. The van der Waals surface area contributed by atoms with E-state index in [4.69, 9.17) is 4.74 Å². The highest BCUT2D eigenvalue weighted by molar-refractivity contribution is 5.77. The number of allylic oxidation sites excluding steroid dienone is 2. The molecule has 0 saturated carbocycles. The molecule has 0 aliphatic heterocycles. The van der Waals surface area contributed by atoms with Gasteiger partial charge >= 0.3 is 0 Å². The molecule has 4 nitrogen and oxygen atoms in total. The molecule has 1 aromatic rings. The van der Waals surface area contributed by atoms with E-state index in [1.54, 1.807) is 0 Å². The van der Waals surface area contributed by atoms with Gasteiger partial charge in [-0.2, -0.15) is 0 Å². The largest absolute Gasteiger partial charge is 0.484 e. The molecule has 0 fully saturated rings. The number of carbonyl (C=O) groups is 1. The Labute approximate surface area is 113 Å². The van der Waals surface area contributed by atoms with Gasteiger partial charge in [0, 0.05) is 5.70 Å². The van der Waals surface area contributed by atoms with Crippen LogP contribution in [0.3, 0.4) is 0 Å². The van der Waals surface area contributed by atoms with Crippen molar-refractivity contribution in [2.75, 3.05) is 6.61 Å². The third kappa shape index (κ3) is 4.66. The van der Waals surface area contributed by atoms with Gasteiger partial charge in [0.1, 0.15) is 5.75 Å². The first-order valence-electron chi connectivity index (χ1n) is 6.67. The minimum Gasteiger partial charge on any atom is -0.484 e. The van der Waals surface area contributed by atoms with Crippen LogP contribution >= 0.6 is 0 Å². The first-order chi connectivity index (χ1) is 9.24. The van der Waals surface area contributed by atoms with Gasteiger partial charge in [-0.15, -0.1) is 0 Å². The van der Waals surface area contributed by atoms with Crippen molar-refractivity contribution in [3.8, 4) is 5.75 Å². The van der Waals surface area contributed by atoms with Crippen LogP contribution in [0.25, 0.3) is 0 Å². The number of nitrogens with one attached hydrogen (secondary N) is 2. The lowest BCUT2D eigenvalue weighted by atomic mass is 10.1. The van der Waals surface area contributed by atoms with Gasteiger partial charge < -0.3 is 10.2 Å². The van der Waals surface area contributed by atoms with Crippen LogP contribution in [0.15, 0.2) is 36.0 Å². The smallest absolute Gasteiger partial charge is 0.276 e. The minimum absolute atomic E-state index is 0.0176. The van der Waals surface area contributed by atoms with Crippen molar-refractivity contribution in [3.63, 3.8) is 0 Å². The molecule has 0 radical (unpaired) electrons. The lowest BCUT2D eigenvalue weighted by molar-refractivity contribution is -0.123. The quantitative estimate of drug-likeness (QED) is 0.800. The van der Waals surface area contributed by atoms with Crippen molar-refractivity contribution in [1.29, 1.82) is 0 Å². The Kier molecular flexibility index (Phi) is 4.84. The standard InChI is InChI=1S/C15H20N2O2/c1-12-6-5-9-14(10-12)19-11-15(18)17-16-13-7-3-2-4-8-13/h5-7,9-10,16H,2-4,8,11H2,1H3,(H,17,18). The molecule has 1 amide bonds. The van der Waals surface area contributed by atoms with Gasteiger partial charge in [0.05, 0.1) is 0 Å². The van der Waals surface area contributed by atoms with E-state index in [1.165, 1.54) is 12.8 Å². The summed E-state index contributed by atoms with van der Waals surface area (Å²) in [5, 5.41) is 0. The summed E-state index contributed by atoms with van der Waals surface area (Å²) in [6.45, 7) is 2.01. The number of amides is 1. The fourth-order valence-corrected chi connectivity index (χ4v) is 1.99. The summed E-state index contributed by atoms with van der Waals surface area (Å²) in [6, 6.07) is 7.65. The minimum atomic E-state index is -0.173. The zero-order chi connectivity index (χ0) is 13.5. The Morgan fingerprint density at radius 3 is 3.00 bits per heavy atom. The second-order valence-corrected chi connectivity index (χ2v) is 4.75. The number of ether oxygens (including phenoxy) is 1. The molecule has 19 heavy (non-hydrogen) atoms. The summed E-state index contributed by atoms with van der Waals surface area (Å²) in [6.07, 6.45) is 6.62. The molecule has 1 aliphatic rings. The van der Waals surface area contributed by atoms with Crippen LogP contribution in [0.2, 0.25) is 0 Å². The predicted molar refractivity (Wildman–Crippen MR) is 74.5 cm³/mol. The maximum Gasteiger partial charge on any atom is 0.276 e. The number of benzene rings is 1. The Balaban J connectivity index is 1.71. The van der Waals surface area contributed by atoms with Crippen LogP contribution in [0.4, 0.5) is 0 Å².